The van der Waals surface area contributed by atoms with Crippen LogP contribution < -0.4 is 0 Å². The Balaban J connectivity index is 2.35. The second kappa shape index (κ2) is 3.15. The summed E-state index contributed by atoms with van der Waals surface area (Å²) in [6.07, 6.45) is 3.24. The Morgan fingerprint density at radius 1 is 1.50 bits per heavy atom. The van der Waals surface area contributed by atoms with Gasteiger partial charge in [0.25, 0.3) is 0 Å². The average molecular weight is 228 g/mol. The van der Waals surface area contributed by atoms with Crippen LogP contribution in [-0.2, 0) is 5.33 Å². The maximum atomic E-state index is 5.00. The first-order valence-corrected chi connectivity index (χ1v) is 4.56. The third-order valence-electron chi connectivity index (χ3n) is 1.51. The predicted octanol–water partition coefficient (Wildman–Crippen LogP) is 2.83. The first kappa shape index (κ1) is 7.61. The molecular formula is C8H6BrNO2. The van der Waals surface area contributed by atoms with Gasteiger partial charge < -0.3 is 8.94 Å². The van der Waals surface area contributed by atoms with E-state index in [4.69, 9.17) is 8.94 Å². The quantitative estimate of drug-likeness (QED) is 0.741. The lowest BCUT2D eigenvalue weighted by atomic mass is 10.2. The number of alkyl halides is 1. The third-order valence-corrected chi connectivity index (χ3v) is 2.06. The first-order valence-electron chi connectivity index (χ1n) is 3.44. The molecule has 0 amide bonds. The molecule has 0 unspecified atom stereocenters. The molecule has 0 fully saturated rings. The minimum atomic E-state index is 0.678. The summed E-state index contributed by atoms with van der Waals surface area (Å²) in [6.45, 7) is 0. The van der Waals surface area contributed by atoms with Gasteiger partial charge in [-0.2, -0.15) is 0 Å². The van der Waals surface area contributed by atoms with Crippen LogP contribution in [0.15, 0.2) is 33.6 Å². The zero-order valence-electron chi connectivity index (χ0n) is 6.16. The molecule has 0 aliphatic heterocycles. The molecule has 0 saturated heterocycles. The highest BCUT2D eigenvalue weighted by atomic mass is 79.9. The van der Waals surface area contributed by atoms with E-state index in [2.05, 4.69) is 21.1 Å². The van der Waals surface area contributed by atoms with E-state index in [-0.39, 0.29) is 0 Å². The highest BCUT2D eigenvalue weighted by Gasteiger charge is 2.05. The van der Waals surface area contributed by atoms with E-state index in [0.29, 0.717) is 5.33 Å². The smallest absolute Gasteiger partial charge is 0.147 e. The fraction of sp³-hybridized carbons (Fsp3) is 0.125. The number of aromatic nitrogens is 1. The van der Waals surface area contributed by atoms with Gasteiger partial charge in [-0.1, -0.05) is 21.1 Å². The van der Waals surface area contributed by atoms with Gasteiger partial charge in [0.1, 0.15) is 11.5 Å². The number of halogens is 1. The van der Waals surface area contributed by atoms with Crippen LogP contribution in [0.2, 0.25) is 0 Å². The molecule has 0 radical (unpaired) electrons. The van der Waals surface area contributed by atoms with Crippen LogP contribution in [0, 0.1) is 0 Å². The summed E-state index contributed by atoms with van der Waals surface area (Å²) in [6, 6.07) is 3.72. The van der Waals surface area contributed by atoms with Crippen molar-refractivity contribution in [2.24, 2.45) is 0 Å². The molecule has 0 aromatic carbocycles. The lowest BCUT2D eigenvalue weighted by molar-refractivity contribution is 0.398. The standard InChI is InChI=1S/C8H6BrNO2/c9-4-7-3-8(10-12-7)6-1-2-11-5-6/h1-3,5H,4H2. The number of hydrogen-bond acceptors (Lipinski definition) is 3. The molecule has 4 heteroatoms. The van der Waals surface area contributed by atoms with Crippen molar-refractivity contribution in [3.63, 3.8) is 0 Å². The maximum absolute atomic E-state index is 5.00. The summed E-state index contributed by atoms with van der Waals surface area (Å²) >= 11 is 3.28. The maximum Gasteiger partial charge on any atom is 0.147 e. The Bertz CT molecular complexity index is 353. The molecule has 0 aliphatic rings. The second-order valence-electron chi connectivity index (χ2n) is 2.32. The predicted molar refractivity (Wildman–Crippen MR) is 46.8 cm³/mol. The van der Waals surface area contributed by atoms with Crippen LogP contribution in [0.3, 0.4) is 0 Å². The van der Waals surface area contributed by atoms with Crippen molar-refractivity contribution < 1.29 is 8.94 Å². The van der Waals surface area contributed by atoms with E-state index >= 15 is 0 Å². The van der Waals surface area contributed by atoms with Gasteiger partial charge in [-0.3, -0.25) is 0 Å². The number of rotatable bonds is 2. The zero-order chi connectivity index (χ0) is 8.39. The number of furan rings is 1. The molecule has 2 heterocycles. The molecule has 0 N–H and O–H groups in total. The molecule has 62 valence electrons. The van der Waals surface area contributed by atoms with Gasteiger partial charge >= 0.3 is 0 Å². The van der Waals surface area contributed by atoms with Gasteiger partial charge in [0.05, 0.1) is 17.9 Å². The molecule has 0 spiro atoms. The van der Waals surface area contributed by atoms with Crippen LogP contribution in [0.4, 0.5) is 0 Å². The van der Waals surface area contributed by atoms with E-state index in [1.807, 2.05) is 12.1 Å². The SMILES string of the molecule is BrCc1cc(-c2ccoc2)no1. The Morgan fingerprint density at radius 3 is 3.00 bits per heavy atom. The van der Waals surface area contributed by atoms with Crippen LogP contribution in [0.1, 0.15) is 5.76 Å². The molecular weight excluding hydrogens is 222 g/mol. The Morgan fingerprint density at radius 2 is 2.42 bits per heavy atom. The van der Waals surface area contributed by atoms with Gasteiger partial charge in [-0.05, 0) is 6.07 Å². The molecule has 0 atom stereocenters. The topological polar surface area (TPSA) is 39.2 Å². The van der Waals surface area contributed by atoms with E-state index in [0.717, 1.165) is 17.0 Å². The van der Waals surface area contributed by atoms with Crippen molar-refractivity contribution >= 4 is 15.9 Å². The molecule has 0 bridgehead atoms. The monoisotopic (exact) mass is 227 g/mol. The minimum absolute atomic E-state index is 0.678. The highest BCUT2D eigenvalue weighted by molar-refractivity contribution is 9.08. The van der Waals surface area contributed by atoms with Gasteiger partial charge in [0.2, 0.25) is 0 Å². The molecule has 2 rings (SSSR count). The minimum Gasteiger partial charge on any atom is -0.472 e. The summed E-state index contributed by atoms with van der Waals surface area (Å²) < 4.78 is 9.92. The molecule has 3 nitrogen and oxygen atoms in total. The van der Waals surface area contributed by atoms with Gasteiger partial charge in [-0.25, -0.2) is 0 Å². The lowest BCUT2D eigenvalue weighted by Crippen LogP contribution is -1.68. The second-order valence-corrected chi connectivity index (χ2v) is 2.88. The summed E-state index contributed by atoms with van der Waals surface area (Å²) in [4.78, 5) is 0. The summed E-state index contributed by atoms with van der Waals surface area (Å²) in [5.41, 5.74) is 1.74. The fourth-order valence-corrected chi connectivity index (χ4v) is 1.19. The molecule has 2 aromatic heterocycles. The van der Waals surface area contributed by atoms with Crippen LogP contribution in [0.25, 0.3) is 11.3 Å². The Hall–Kier alpha value is -1.03. The lowest BCUT2D eigenvalue weighted by Gasteiger charge is -1.81. The number of hydrogen-bond donors (Lipinski definition) is 0. The average Bonchev–Trinajstić information content (AvgIpc) is 2.75. The van der Waals surface area contributed by atoms with Crippen molar-refractivity contribution in [3.05, 3.63) is 30.4 Å². The molecule has 0 saturated carbocycles. The van der Waals surface area contributed by atoms with Crippen molar-refractivity contribution in [1.29, 1.82) is 0 Å². The largest absolute Gasteiger partial charge is 0.472 e. The van der Waals surface area contributed by atoms with E-state index in [1.165, 1.54) is 0 Å². The van der Waals surface area contributed by atoms with Crippen LogP contribution >= 0.6 is 15.9 Å². The van der Waals surface area contributed by atoms with Crippen LogP contribution in [0.5, 0.6) is 0 Å². The third kappa shape index (κ3) is 1.30. The fourth-order valence-electron chi connectivity index (χ4n) is 0.922. The summed E-state index contributed by atoms with van der Waals surface area (Å²) in [5.74, 6) is 0.811. The van der Waals surface area contributed by atoms with Crippen molar-refractivity contribution in [3.8, 4) is 11.3 Å². The van der Waals surface area contributed by atoms with E-state index in [9.17, 15) is 0 Å². The molecule has 2 aromatic rings. The first-order chi connectivity index (χ1) is 5.90. The van der Waals surface area contributed by atoms with Gasteiger partial charge in [0.15, 0.2) is 0 Å². The van der Waals surface area contributed by atoms with Gasteiger partial charge in [-0.15, -0.1) is 0 Å². The molecule has 12 heavy (non-hydrogen) atoms. The van der Waals surface area contributed by atoms with E-state index < -0.39 is 0 Å². The normalized spacial score (nSPS) is 10.4. The van der Waals surface area contributed by atoms with E-state index in [1.54, 1.807) is 12.5 Å². The zero-order valence-corrected chi connectivity index (χ0v) is 7.74. The number of nitrogens with zero attached hydrogens (tertiary/aromatic N) is 1. The summed E-state index contributed by atoms with van der Waals surface area (Å²) in [5, 5.41) is 4.54. The van der Waals surface area contributed by atoms with Crippen molar-refractivity contribution in [1.82, 2.24) is 5.16 Å². The summed E-state index contributed by atoms with van der Waals surface area (Å²) in [7, 11) is 0. The van der Waals surface area contributed by atoms with Crippen molar-refractivity contribution in [2.45, 2.75) is 5.33 Å². The highest BCUT2D eigenvalue weighted by Crippen LogP contribution is 2.20. The van der Waals surface area contributed by atoms with Gasteiger partial charge in [0, 0.05) is 11.6 Å². The van der Waals surface area contributed by atoms with Crippen molar-refractivity contribution in [2.75, 3.05) is 0 Å². The Kier molecular flexibility index (Phi) is 1.99. The Labute approximate surface area is 77.5 Å². The van der Waals surface area contributed by atoms with Crippen LogP contribution in [-0.4, -0.2) is 5.16 Å². The molecule has 0 aliphatic carbocycles.